The van der Waals surface area contributed by atoms with Crippen LogP contribution in [0.2, 0.25) is 0 Å². The van der Waals surface area contributed by atoms with Gasteiger partial charge in [-0.2, -0.15) is 9.61 Å². The summed E-state index contributed by atoms with van der Waals surface area (Å²) in [5.74, 6) is -0.0978. The number of aryl methyl sites for hydroxylation is 1. The number of nitrogens with zero attached hydrogens (tertiary/aromatic N) is 5. The summed E-state index contributed by atoms with van der Waals surface area (Å²) in [5.41, 5.74) is 2.84. The molecule has 0 unspecified atom stereocenters. The fourth-order valence-electron chi connectivity index (χ4n) is 2.50. The Labute approximate surface area is 131 Å². The van der Waals surface area contributed by atoms with Gasteiger partial charge in [-0.25, -0.2) is 9.78 Å². The monoisotopic (exact) mass is 323 g/mol. The Morgan fingerprint density at radius 1 is 1.27 bits per heavy atom. The lowest BCUT2D eigenvalue weighted by Gasteiger charge is -2.33. The molecule has 118 valence electrons. The first-order valence-corrected chi connectivity index (χ1v) is 7.99. The largest absolute Gasteiger partial charge is 0.450 e. The zero-order chi connectivity index (χ0) is 15.7. The Morgan fingerprint density at radius 2 is 1.95 bits per heavy atom. The van der Waals surface area contributed by atoms with Crippen molar-refractivity contribution in [3.63, 3.8) is 0 Å². The molecule has 2 aromatic heterocycles. The van der Waals surface area contributed by atoms with E-state index in [2.05, 4.69) is 10.1 Å². The van der Waals surface area contributed by atoms with Crippen molar-refractivity contribution in [1.82, 2.24) is 24.4 Å². The highest BCUT2D eigenvalue weighted by atomic mass is 32.1. The van der Waals surface area contributed by atoms with Crippen LogP contribution in [0.4, 0.5) is 4.79 Å². The first-order valence-electron chi connectivity index (χ1n) is 7.11. The van der Waals surface area contributed by atoms with E-state index in [9.17, 15) is 9.59 Å². The first-order chi connectivity index (χ1) is 10.6. The minimum atomic E-state index is -0.322. The topological polar surface area (TPSA) is 80.0 Å². The predicted octanol–water partition coefficient (Wildman–Crippen LogP) is 1.01. The van der Waals surface area contributed by atoms with E-state index in [0.29, 0.717) is 49.1 Å². The molecule has 0 bridgehead atoms. The molecule has 2 aromatic rings. The van der Waals surface area contributed by atoms with Crippen molar-refractivity contribution in [2.45, 2.75) is 13.8 Å². The minimum Gasteiger partial charge on any atom is -0.450 e. The van der Waals surface area contributed by atoms with Crippen LogP contribution in [0.5, 0.6) is 0 Å². The van der Waals surface area contributed by atoms with Gasteiger partial charge in [0.15, 0.2) is 5.69 Å². The van der Waals surface area contributed by atoms with E-state index in [1.54, 1.807) is 26.7 Å². The Morgan fingerprint density at radius 3 is 2.64 bits per heavy atom. The zero-order valence-corrected chi connectivity index (χ0v) is 13.3. The van der Waals surface area contributed by atoms with Gasteiger partial charge in [0.25, 0.3) is 5.91 Å². The Kier molecular flexibility index (Phi) is 3.97. The molecule has 0 aromatic carbocycles. The fraction of sp³-hybridized carbons (Fsp3) is 0.538. The van der Waals surface area contributed by atoms with Gasteiger partial charge in [0.2, 0.25) is 4.96 Å². The van der Waals surface area contributed by atoms with Crippen molar-refractivity contribution in [3.8, 4) is 0 Å². The molecule has 22 heavy (non-hydrogen) atoms. The third-order valence-corrected chi connectivity index (χ3v) is 4.29. The van der Waals surface area contributed by atoms with Gasteiger partial charge >= 0.3 is 6.09 Å². The molecule has 0 aliphatic carbocycles. The highest BCUT2D eigenvalue weighted by molar-refractivity contribution is 7.14. The molecule has 0 atom stereocenters. The summed E-state index contributed by atoms with van der Waals surface area (Å²) >= 11 is 1.40. The molecule has 1 aliphatic rings. The highest BCUT2D eigenvalue weighted by Crippen LogP contribution is 2.17. The van der Waals surface area contributed by atoms with Crippen molar-refractivity contribution in [2.24, 2.45) is 0 Å². The van der Waals surface area contributed by atoms with Crippen LogP contribution in [-0.4, -0.2) is 69.2 Å². The maximum Gasteiger partial charge on any atom is 0.409 e. The second kappa shape index (κ2) is 5.91. The molecule has 3 heterocycles. The maximum atomic E-state index is 12.7. The van der Waals surface area contributed by atoms with Gasteiger partial charge in [-0.15, -0.1) is 0 Å². The number of fused-ring (bicyclic) bond motifs is 1. The normalized spacial score (nSPS) is 15.4. The maximum absolute atomic E-state index is 12.7. The molecule has 9 heteroatoms. The van der Waals surface area contributed by atoms with Gasteiger partial charge in [0.1, 0.15) is 5.51 Å². The molecule has 2 amide bonds. The number of aromatic nitrogens is 3. The third-order valence-electron chi connectivity index (χ3n) is 3.62. The van der Waals surface area contributed by atoms with Gasteiger partial charge in [-0.05, 0) is 13.8 Å². The molecule has 1 fully saturated rings. The summed E-state index contributed by atoms with van der Waals surface area (Å²) < 4.78 is 6.56. The first kappa shape index (κ1) is 14.8. The number of imidazole rings is 1. The van der Waals surface area contributed by atoms with Gasteiger partial charge < -0.3 is 14.5 Å². The lowest BCUT2D eigenvalue weighted by Crippen LogP contribution is -2.51. The Hall–Kier alpha value is -2.16. The number of ether oxygens (including phenoxy) is 1. The van der Waals surface area contributed by atoms with Crippen LogP contribution < -0.4 is 0 Å². The van der Waals surface area contributed by atoms with Crippen molar-refractivity contribution in [2.75, 3.05) is 32.8 Å². The van der Waals surface area contributed by atoms with Crippen LogP contribution in [0.15, 0.2) is 5.51 Å². The molecule has 8 nitrogen and oxygen atoms in total. The average Bonchev–Trinajstić information content (AvgIpc) is 3.07. The summed E-state index contributed by atoms with van der Waals surface area (Å²) in [4.78, 5) is 32.8. The Balaban J connectivity index is 1.71. The second-order valence-electron chi connectivity index (χ2n) is 4.96. The third kappa shape index (κ3) is 2.52. The van der Waals surface area contributed by atoms with Crippen molar-refractivity contribution in [3.05, 3.63) is 16.9 Å². The van der Waals surface area contributed by atoms with Gasteiger partial charge in [-0.3, -0.25) is 4.79 Å². The van der Waals surface area contributed by atoms with E-state index in [1.165, 1.54) is 11.3 Å². The molecule has 3 rings (SSSR count). The molecule has 1 aliphatic heterocycles. The van der Waals surface area contributed by atoms with E-state index in [-0.39, 0.29) is 12.0 Å². The zero-order valence-electron chi connectivity index (χ0n) is 12.5. The number of carbonyl (C=O) groups is 2. The molecule has 0 N–H and O–H groups in total. The van der Waals surface area contributed by atoms with Crippen LogP contribution in [0, 0.1) is 6.92 Å². The summed E-state index contributed by atoms with van der Waals surface area (Å²) in [5, 5.41) is 4.16. The molecule has 0 radical (unpaired) electrons. The number of hydrogen-bond acceptors (Lipinski definition) is 6. The van der Waals surface area contributed by atoms with E-state index < -0.39 is 0 Å². The lowest BCUT2D eigenvalue weighted by molar-refractivity contribution is 0.0563. The van der Waals surface area contributed by atoms with Crippen LogP contribution in [-0.2, 0) is 4.74 Å². The van der Waals surface area contributed by atoms with Crippen molar-refractivity contribution in [1.29, 1.82) is 0 Å². The molecular weight excluding hydrogens is 306 g/mol. The Bertz CT molecular complexity index is 702. The van der Waals surface area contributed by atoms with Gasteiger partial charge in [0.05, 0.1) is 12.3 Å². The van der Waals surface area contributed by atoms with Crippen molar-refractivity contribution >= 4 is 28.3 Å². The molecule has 0 spiro atoms. The number of amides is 2. The van der Waals surface area contributed by atoms with Gasteiger partial charge in [0, 0.05) is 26.2 Å². The second-order valence-corrected chi connectivity index (χ2v) is 5.77. The number of carbonyl (C=O) groups excluding carboxylic acids is 2. The molecule has 0 saturated carbocycles. The van der Waals surface area contributed by atoms with Gasteiger partial charge in [-0.1, -0.05) is 11.3 Å². The minimum absolute atomic E-state index is 0.0978. The number of hydrogen-bond donors (Lipinski definition) is 0. The van der Waals surface area contributed by atoms with E-state index in [1.807, 2.05) is 6.92 Å². The van der Waals surface area contributed by atoms with E-state index in [0.717, 1.165) is 0 Å². The smallest absolute Gasteiger partial charge is 0.409 e. The van der Waals surface area contributed by atoms with E-state index >= 15 is 0 Å². The standard InChI is InChI=1S/C13H17N5O3S/c1-3-21-13(20)17-6-4-16(5-7-17)11(19)10-9(2)15-12-18(10)14-8-22-12/h8H,3-7H2,1-2H3. The molecule has 1 saturated heterocycles. The number of piperazine rings is 1. The lowest BCUT2D eigenvalue weighted by atomic mass is 10.2. The van der Waals surface area contributed by atoms with Crippen LogP contribution >= 0.6 is 11.3 Å². The molecular formula is C13H17N5O3S. The van der Waals surface area contributed by atoms with Crippen LogP contribution in [0.3, 0.4) is 0 Å². The van der Waals surface area contributed by atoms with E-state index in [4.69, 9.17) is 4.74 Å². The predicted molar refractivity (Wildman–Crippen MR) is 80.1 cm³/mol. The summed E-state index contributed by atoms with van der Waals surface area (Å²) in [6.07, 6.45) is -0.322. The average molecular weight is 323 g/mol. The summed E-state index contributed by atoms with van der Waals surface area (Å²) in [6.45, 7) is 5.85. The quantitative estimate of drug-likeness (QED) is 0.824. The highest BCUT2D eigenvalue weighted by Gasteiger charge is 2.28. The number of rotatable bonds is 2. The fourth-order valence-corrected chi connectivity index (χ4v) is 3.16. The van der Waals surface area contributed by atoms with Crippen LogP contribution in [0.1, 0.15) is 23.1 Å². The van der Waals surface area contributed by atoms with Crippen molar-refractivity contribution < 1.29 is 14.3 Å². The summed E-state index contributed by atoms with van der Waals surface area (Å²) in [7, 11) is 0. The summed E-state index contributed by atoms with van der Waals surface area (Å²) in [6, 6.07) is 0. The van der Waals surface area contributed by atoms with Crippen LogP contribution in [0.25, 0.3) is 4.96 Å². The SMILES string of the molecule is CCOC(=O)N1CCN(C(=O)c2c(C)nc3scnn23)CC1.